The Morgan fingerprint density at radius 1 is 1.23 bits per heavy atom. The van der Waals surface area contributed by atoms with Gasteiger partial charge >= 0.3 is 0 Å². The van der Waals surface area contributed by atoms with Crippen molar-refractivity contribution < 1.29 is 4.74 Å². The summed E-state index contributed by atoms with van der Waals surface area (Å²) in [5, 5.41) is 0. The Morgan fingerprint density at radius 3 is 2.00 bits per heavy atom. The maximum absolute atomic E-state index is 5.22. The van der Waals surface area contributed by atoms with Gasteiger partial charge in [0.25, 0.3) is 0 Å². The molecule has 0 unspecified atom stereocenters. The zero-order chi connectivity index (χ0) is 10.3. The molecule has 1 rings (SSSR count). The quantitative estimate of drug-likeness (QED) is 0.670. The van der Waals surface area contributed by atoms with Crippen LogP contribution in [-0.4, -0.2) is 39.3 Å². The van der Waals surface area contributed by atoms with Gasteiger partial charge in [-0.2, -0.15) is 0 Å². The highest BCUT2D eigenvalue weighted by Gasteiger charge is 2.37. The summed E-state index contributed by atoms with van der Waals surface area (Å²) in [6.45, 7) is 6.12. The molecule has 0 bridgehead atoms. The third-order valence-electron chi connectivity index (χ3n) is 2.52. The lowest BCUT2D eigenvalue weighted by Gasteiger charge is -2.43. The second-order valence-corrected chi connectivity index (χ2v) is 4.02. The maximum Gasteiger partial charge on any atom is 0.0530 e. The second kappa shape index (κ2) is 6.39. The van der Waals surface area contributed by atoms with Gasteiger partial charge in [0.1, 0.15) is 0 Å². The Labute approximate surface area is 83.3 Å². The predicted octanol–water partition coefficient (Wildman–Crippen LogP) is 2.39. The fraction of sp³-hybridized carbons (Fsp3) is 1.00. The monoisotopic (exact) mass is 187 g/mol. The third kappa shape index (κ3) is 4.10. The van der Waals surface area contributed by atoms with Gasteiger partial charge in [0, 0.05) is 19.1 Å². The number of methoxy groups -OCH3 is 1. The summed E-state index contributed by atoms with van der Waals surface area (Å²) < 4.78 is 5.22. The molecule has 80 valence electrons. The molecule has 1 aliphatic rings. The van der Waals surface area contributed by atoms with E-state index < -0.39 is 0 Å². The Kier molecular flexibility index (Phi) is 6.35. The highest BCUT2D eigenvalue weighted by Crippen LogP contribution is 2.41. The normalized spacial score (nSPS) is 18.9. The molecular weight excluding hydrogens is 162 g/mol. The van der Waals surface area contributed by atoms with Crippen LogP contribution in [0.15, 0.2) is 0 Å². The molecule has 0 aromatic rings. The fourth-order valence-corrected chi connectivity index (χ4v) is 2.00. The molecule has 0 spiro atoms. The topological polar surface area (TPSA) is 12.5 Å². The number of rotatable bonds is 4. The summed E-state index contributed by atoms with van der Waals surface area (Å²) in [6, 6.07) is 0. The molecular formula is C11H25NO. The van der Waals surface area contributed by atoms with Crippen molar-refractivity contribution in [2.75, 3.05) is 34.4 Å². The van der Waals surface area contributed by atoms with Gasteiger partial charge < -0.3 is 9.64 Å². The largest absolute Gasteiger partial charge is 0.384 e. The van der Waals surface area contributed by atoms with Gasteiger partial charge in [-0.05, 0) is 26.9 Å². The van der Waals surface area contributed by atoms with E-state index in [-0.39, 0.29) is 0 Å². The molecule has 0 aliphatic heterocycles. The first-order valence-electron chi connectivity index (χ1n) is 5.32. The summed E-state index contributed by atoms with van der Waals surface area (Å²) in [7, 11) is 6.07. The molecule has 2 nitrogen and oxygen atoms in total. The van der Waals surface area contributed by atoms with Gasteiger partial charge in [0.15, 0.2) is 0 Å². The Balaban J connectivity index is 0.000000671. The van der Waals surface area contributed by atoms with Crippen molar-refractivity contribution in [3.05, 3.63) is 0 Å². The summed E-state index contributed by atoms with van der Waals surface area (Å²) in [5.41, 5.74) is 0.498. The van der Waals surface area contributed by atoms with Crippen LogP contribution in [0.3, 0.4) is 0 Å². The van der Waals surface area contributed by atoms with Crippen LogP contribution in [0.2, 0.25) is 0 Å². The third-order valence-corrected chi connectivity index (χ3v) is 2.52. The van der Waals surface area contributed by atoms with Crippen LogP contribution in [0, 0.1) is 5.41 Å². The Morgan fingerprint density at radius 2 is 1.77 bits per heavy atom. The molecule has 0 saturated heterocycles. The van der Waals surface area contributed by atoms with Crippen LogP contribution in [0.25, 0.3) is 0 Å². The Hall–Kier alpha value is -0.0800. The van der Waals surface area contributed by atoms with E-state index in [9.17, 15) is 0 Å². The van der Waals surface area contributed by atoms with E-state index in [1.165, 1.54) is 25.8 Å². The molecule has 13 heavy (non-hydrogen) atoms. The van der Waals surface area contributed by atoms with Gasteiger partial charge in [-0.25, -0.2) is 0 Å². The van der Waals surface area contributed by atoms with Crippen molar-refractivity contribution >= 4 is 0 Å². The van der Waals surface area contributed by atoms with Crippen molar-refractivity contribution in [1.82, 2.24) is 4.90 Å². The molecule has 1 saturated carbocycles. The first kappa shape index (κ1) is 12.9. The SMILES string of the molecule is CC.COCC1(CN(C)C)CCC1. The highest BCUT2D eigenvalue weighted by atomic mass is 16.5. The minimum atomic E-state index is 0.498. The summed E-state index contributed by atoms with van der Waals surface area (Å²) in [4.78, 5) is 2.26. The highest BCUT2D eigenvalue weighted by molar-refractivity contribution is 4.89. The van der Waals surface area contributed by atoms with Crippen molar-refractivity contribution in [3.63, 3.8) is 0 Å². The lowest BCUT2D eigenvalue weighted by atomic mass is 9.69. The lowest BCUT2D eigenvalue weighted by molar-refractivity contribution is -0.00154. The molecule has 2 heteroatoms. The molecule has 0 radical (unpaired) electrons. The standard InChI is InChI=1S/C9H19NO.C2H6/c1-10(2)7-9(8-11-3)5-4-6-9;1-2/h4-8H2,1-3H3;1-2H3. The van der Waals surface area contributed by atoms with Gasteiger partial charge in [-0.15, -0.1) is 0 Å². The number of hydrogen-bond donors (Lipinski definition) is 0. The van der Waals surface area contributed by atoms with E-state index in [1.807, 2.05) is 13.8 Å². The molecule has 0 atom stereocenters. The number of hydrogen-bond acceptors (Lipinski definition) is 2. The van der Waals surface area contributed by atoms with Crippen molar-refractivity contribution in [1.29, 1.82) is 0 Å². The van der Waals surface area contributed by atoms with Gasteiger partial charge in [-0.3, -0.25) is 0 Å². The minimum Gasteiger partial charge on any atom is -0.384 e. The predicted molar refractivity (Wildman–Crippen MR) is 58.1 cm³/mol. The maximum atomic E-state index is 5.22. The van der Waals surface area contributed by atoms with Gasteiger partial charge in [-0.1, -0.05) is 20.3 Å². The summed E-state index contributed by atoms with van der Waals surface area (Å²) in [5.74, 6) is 0. The zero-order valence-electron chi connectivity index (χ0n) is 9.89. The number of nitrogens with zero attached hydrogens (tertiary/aromatic N) is 1. The van der Waals surface area contributed by atoms with E-state index in [2.05, 4.69) is 19.0 Å². The lowest BCUT2D eigenvalue weighted by Crippen LogP contribution is -2.42. The van der Waals surface area contributed by atoms with Crippen LogP contribution >= 0.6 is 0 Å². The van der Waals surface area contributed by atoms with Gasteiger partial charge in [0.05, 0.1) is 6.61 Å². The Bertz CT molecular complexity index is 119. The van der Waals surface area contributed by atoms with Crippen molar-refractivity contribution in [2.24, 2.45) is 5.41 Å². The van der Waals surface area contributed by atoms with Crippen LogP contribution in [0.5, 0.6) is 0 Å². The summed E-state index contributed by atoms with van der Waals surface area (Å²) >= 11 is 0. The first-order chi connectivity index (χ1) is 6.18. The van der Waals surface area contributed by atoms with E-state index in [4.69, 9.17) is 4.74 Å². The van der Waals surface area contributed by atoms with Gasteiger partial charge in [0.2, 0.25) is 0 Å². The summed E-state index contributed by atoms with van der Waals surface area (Å²) in [6.07, 6.45) is 4.08. The zero-order valence-corrected chi connectivity index (χ0v) is 9.89. The van der Waals surface area contributed by atoms with E-state index in [0.29, 0.717) is 5.41 Å². The minimum absolute atomic E-state index is 0.498. The molecule has 1 aliphatic carbocycles. The van der Waals surface area contributed by atoms with Crippen molar-refractivity contribution in [2.45, 2.75) is 33.1 Å². The van der Waals surface area contributed by atoms with Crippen LogP contribution in [0.4, 0.5) is 0 Å². The molecule has 0 amide bonds. The van der Waals surface area contributed by atoms with Crippen LogP contribution in [-0.2, 0) is 4.74 Å². The van der Waals surface area contributed by atoms with Crippen molar-refractivity contribution in [3.8, 4) is 0 Å². The van der Waals surface area contributed by atoms with E-state index >= 15 is 0 Å². The number of ether oxygens (including phenoxy) is 1. The fourth-order valence-electron chi connectivity index (χ4n) is 2.00. The molecule has 0 N–H and O–H groups in total. The van der Waals surface area contributed by atoms with Crippen LogP contribution < -0.4 is 0 Å². The molecule has 1 fully saturated rings. The van der Waals surface area contributed by atoms with E-state index in [0.717, 1.165) is 6.61 Å². The van der Waals surface area contributed by atoms with Crippen LogP contribution in [0.1, 0.15) is 33.1 Å². The van der Waals surface area contributed by atoms with E-state index in [1.54, 1.807) is 7.11 Å². The average Bonchev–Trinajstić information content (AvgIpc) is 2.04. The second-order valence-electron chi connectivity index (χ2n) is 4.02. The smallest absolute Gasteiger partial charge is 0.0530 e. The molecule has 0 heterocycles. The molecule has 0 aromatic carbocycles. The first-order valence-corrected chi connectivity index (χ1v) is 5.32. The average molecular weight is 187 g/mol. The molecule has 0 aromatic heterocycles.